The maximum absolute atomic E-state index is 12.3. The van der Waals surface area contributed by atoms with Crippen LogP contribution in [0.1, 0.15) is 16.7 Å². The predicted molar refractivity (Wildman–Crippen MR) is 118 cm³/mol. The fourth-order valence-electron chi connectivity index (χ4n) is 2.68. The molecule has 3 rings (SSSR count). The fraction of sp³-hybridized carbons (Fsp3) is 0.150. The Labute approximate surface area is 188 Å². The van der Waals surface area contributed by atoms with Crippen LogP contribution in [0.3, 0.4) is 0 Å². The average Bonchev–Trinajstić information content (AvgIpc) is 2.88. The molecule has 0 atom stereocenters. The maximum atomic E-state index is 12.3. The van der Waals surface area contributed by atoms with E-state index in [4.69, 9.17) is 9.84 Å². The molecule has 2 aromatic rings. The molecule has 0 saturated carbocycles. The number of carbonyl (C=O) groups excluding carboxylic acids is 2. The number of hydrogen-bond acceptors (Lipinski definition) is 5. The van der Waals surface area contributed by atoms with Crippen molar-refractivity contribution in [3.63, 3.8) is 0 Å². The van der Waals surface area contributed by atoms with Gasteiger partial charge in [0.15, 0.2) is 0 Å². The van der Waals surface area contributed by atoms with Gasteiger partial charge in [-0.05, 0) is 79.9 Å². The number of rotatable bonds is 6. The van der Waals surface area contributed by atoms with E-state index in [1.54, 1.807) is 18.2 Å². The van der Waals surface area contributed by atoms with Gasteiger partial charge in [-0.15, -0.1) is 0 Å². The molecule has 9 heteroatoms. The molecule has 1 aliphatic heterocycles. The number of carboxylic acid groups (broad SMARTS) is 1. The monoisotopic (exact) mass is 539 g/mol. The van der Waals surface area contributed by atoms with Gasteiger partial charge in [-0.1, -0.05) is 29.8 Å². The summed E-state index contributed by atoms with van der Waals surface area (Å²) in [6.45, 7) is 1.76. The van der Waals surface area contributed by atoms with Crippen LogP contribution in [0.2, 0.25) is 0 Å². The minimum Gasteiger partial charge on any atom is -0.487 e. The summed E-state index contributed by atoms with van der Waals surface area (Å²) in [4.78, 5) is 35.9. The van der Waals surface area contributed by atoms with Crippen LogP contribution in [0.15, 0.2) is 50.2 Å². The molecule has 2 aromatic carbocycles. The summed E-state index contributed by atoms with van der Waals surface area (Å²) >= 11 is 7.67. The number of carbonyl (C=O) groups is 3. The highest BCUT2D eigenvalue weighted by Gasteiger charge is 2.36. The van der Waals surface area contributed by atoms with E-state index in [9.17, 15) is 14.4 Å². The van der Waals surface area contributed by atoms with Crippen molar-refractivity contribution in [2.75, 3.05) is 6.54 Å². The van der Waals surface area contributed by atoms with Gasteiger partial charge in [0.2, 0.25) is 0 Å². The van der Waals surface area contributed by atoms with E-state index >= 15 is 0 Å². The van der Waals surface area contributed by atoms with Crippen molar-refractivity contribution in [1.82, 2.24) is 4.90 Å². The second-order valence-electron chi connectivity index (χ2n) is 6.25. The summed E-state index contributed by atoms with van der Waals surface area (Å²) in [5.74, 6) is -1.24. The van der Waals surface area contributed by atoms with Crippen molar-refractivity contribution in [2.45, 2.75) is 13.5 Å². The van der Waals surface area contributed by atoms with E-state index in [0.717, 1.165) is 11.1 Å². The Bertz CT molecular complexity index is 1010. The van der Waals surface area contributed by atoms with E-state index in [-0.39, 0.29) is 4.91 Å². The Morgan fingerprint density at radius 2 is 1.90 bits per heavy atom. The topological polar surface area (TPSA) is 83.9 Å². The fourth-order valence-corrected chi connectivity index (χ4v) is 4.97. The van der Waals surface area contributed by atoms with E-state index in [1.807, 2.05) is 31.2 Å². The molecule has 1 fully saturated rings. The summed E-state index contributed by atoms with van der Waals surface area (Å²) < 4.78 is 7.27. The first-order chi connectivity index (χ1) is 13.7. The number of benzene rings is 2. The Balaban J connectivity index is 1.78. The number of nitrogens with zero attached hydrogens (tertiary/aromatic N) is 1. The average molecular weight is 541 g/mol. The third-order valence-electron chi connectivity index (χ3n) is 3.95. The summed E-state index contributed by atoms with van der Waals surface area (Å²) in [5.41, 5.74) is 2.85. The molecule has 0 spiro atoms. The number of imide groups is 1. The van der Waals surface area contributed by atoms with Crippen LogP contribution in [0.25, 0.3) is 6.08 Å². The van der Waals surface area contributed by atoms with Crippen molar-refractivity contribution in [2.24, 2.45) is 0 Å². The van der Waals surface area contributed by atoms with Crippen LogP contribution >= 0.6 is 43.6 Å². The lowest BCUT2D eigenvalue weighted by molar-refractivity contribution is -0.140. The lowest BCUT2D eigenvalue weighted by Crippen LogP contribution is -2.33. The maximum Gasteiger partial charge on any atom is 0.323 e. The number of aliphatic carboxylic acids is 1. The van der Waals surface area contributed by atoms with Gasteiger partial charge in [0, 0.05) is 0 Å². The molecule has 0 unspecified atom stereocenters. The summed E-state index contributed by atoms with van der Waals surface area (Å²) in [6, 6.07) is 11.5. The summed E-state index contributed by atoms with van der Waals surface area (Å²) in [7, 11) is 0. The Morgan fingerprint density at radius 1 is 1.21 bits per heavy atom. The Hall–Kier alpha value is -2.10. The molecular formula is C20H15Br2NO5S. The van der Waals surface area contributed by atoms with Gasteiger partial charge in [0.25, 0.3) is 11.1 Å². The van der Waals surface area contributed by atoms with Crippen LogP contribution in [0.4, 0.5) is 4.79 Å². The second kappa shape index (κ2) is 9.15. The van der Waals surface area contributed by atoms with Crippen molar-refractivity contribution >= 4 is 66.8 Å². The van der Waals surface area contributed by atoms with Crippen LogP contribution in [-0.2, 0) is 16.2 Å². The van der Waals surface area contributed by atoms with Gasteiger partial charge in [-0.2, -0.15) is 0 Å². The third kappa shape index (κ3) is 5.29. The molecule has 1 heterocycles. The van der Waals surface area contributed by atoms with E-state index in [2.05, 4.69) is 31.9 Å². The van der Waals surface area contributed by atoms with Crippen molar-refractivity contribution in [3.8, 4) is 5.75 Å². The molecule has 0 aliphatic carbocycles. The smallest absolute Gasteiger partial charge is 0.323 e. The zero-order valence-electron chi connectivity index (χ0n) is 15.1. The first-order valence-corrected chi connectivity index (χ1v) is 10.8. The van der Waals surface area contributed by atoms with Crippen LogP contribution in [-0.4, -0.2) is 33.7 Å². The number of carboxylic acids is 1. The lowest BCUT2D eigenvalue weighted by atomic mass is 10.1. The molecule has 1 N–H and O–H groups in total. The number of ether oxygens (including phenoxy) is 1. The predicted octanol–water partition coefficient (Wildman–Crippen LogP) is 5.22. The SMILES string of the molecule is Cc1cccc(COc2c(Br)cc(/C=C3/SC(=O)N(CC(=O)O)C3=O)cc2Br)c1. The number of halogens is 2. The Kier molecular flexibility index (Phi) is 6.81. The third-order valence-corrected chi connectivity index (χ3v) is 6.04. The minimum atomic E-state index is -1.24. The van der Waals surface area contributed by atoms with Crippen molar-refractivity contribution < 1.29 is 24.2 Å². The van der Waals surface area contributed by atoms with Crippen molar-refractivity contribution in [1.29, 1.82) is 0 Å². The molecule has 2 amide bonds. The summed E-state index contributed by atoms with van der Waals surface area (Å²) in [5, 5.41) is 8.24. The van der Waals surface area contributed by atoms with Crippen LogP contribution < -0.4 is 4.74 Å². The number of amides is 2. The molecule has 1 saturated heterocycles. The van der Waals surface area contributed by atoms with Gasteiger partial charge in [0.05, 0.1) is 13.9 Å². The van der Waals surface area contributed by atoms with Crippen LogP contribution in [0, 0.1) is 6.92 Å². The van der Waals surface area contributed by atoms with Gasteiger partial charge >= 0.3 is 5.97 Å². The van der Waals surface area contributed by atoms with Gasteiger partial charge in [0.1, 0.15) is 18.9 Å². The van der Waals surface area contributed by atoms with Crippen molar-refractivity contribution in [3.05, 3.63) is 66.9 Å². The van der Waals surface area contributed by atoms with Gasteiger partial charge in [-0.3, -0.25) is 19.3 Å². The number of hydrogen-bond donors (Lipinski definition) is 1. The second-order valence-corrected chi connectivity index (χ2v) is 8.95. The highest BCUT2D eigenvalue weighted by Crippen LogP contribution is 2.38. The number of thioether (sulfide) groups is 1. The Morgan fingerprint density at radius 3 is 2.52 bits per heavy atom. The zero-order valence-corrected chi connectivity index (χ0v) is 19.1. The minimum absolute atomic E-state index is 0.170. The lowest BCUT2D eigenvalue weighted by Gasteiger charge is -2.12. The largest absolute Gasteiger partial charge is 0.487 e. The molecule has 0 bridgehead atoms. The highest BCUT2D eigenvalue weighted by atomic mass is 79.9. The zero-order chi connectivity index (χ0) is 21.1. The molecule has 29 heavy (non-hydrogen) atoms. The molecule has 1 aliphatic rings. The van der Waals surface area contributed by atoms with Gasteiger partial charge in [-0.25, -0.2) is 0 Å². The molecule has 6 nitrogen and oxygen atoms in total. The molecule has 0 aromatic heterocycles. The standard InChI is InChI=1S/C20H15Br2NO5S/c1-11-3-2-4-12(5-11)10-28-18-14(21)6-13(7-15(18)22)8-16-19(26)23(9-17(24)25)20(27)29-16/h2-8H,9-10H2,1H3,(H,24,25)/b16-8+. The van der Waals surface area contributed by atoms with Crippen LogP contribution in [0.5, 0.6) is 5.75 Å². The molecular weight excluding hydrogens is 526 g/mol. The van der Waals surface area contributed by atoms with Gasteiger partial charge < -0.3 is 9.84 Å². The first-order valence-electron chi connectivity index (χ1n) is 8.39. The highest BCUT2D eigenvalue weighted by molar-refractivity contribution is 9.11. The quantitative estimate of drug-likeness (QED) is 0.506. The van der Waals surface area contributed by atoms with E-state index in [1.165, 1.54) is 0 Å². The van der Waals surface area contributed by atoms with E-state index in [0.29, 0.717) is 43.5 Å². The molecule has 0 radical (unpaired) electrons. The number of aryl methyl sites for hydroxylation is 1. The molecule has 150 valence electrons. The summed E-state index contributed by atoms with van der Waals surface area (Å²) in [6.07, 6.45) is 1.55. The van der Waals surface area contributed by atoms with E-state index < -0.39 is 23.7 Å². The first kappa shape index (κ1) is 21.6. The normalized spacial score (nSPS) is 15.3.